The highest BCUT2D eigenvalue weighted by Gasteiger charge is 2.07. The molecule has 0 aliphatic heterocycles. The first-order chi connectivity index (χ1) is 9.15. The van der Waals surface area contributed by atoms with Gasteiger partial charge in [-0.15, -0.1) is 11.3 Å². The summed E-state index contributed by atoms with van der Waals surface area (Å²) < 4.78 is 0. The van der Waals surface area contributed by atoms with Gasteiger partial charge in [-0.2, -0.15) is 0 Å². The van der Waals surface area contributed by atoms with E-state index in [-0.39, 0.29) is 12.5 Å². The normalized spacial score (nSPS) is 12.8. The Morgan fingerprint density at radius 1 is 1.58 bits per heavy atom. The number of amides is 1. The number of aryl methyl sites for hydroxylation is 1. The molecule has 5 heteroatoms. The summed E-state index contributed by atoms with van der Waals surface area (Å²) in [6, 6.07) is 0. The molecule has 0 aliphatic rings. The van der Waals surface area contributed by atoms with Crippen LogP contribution >= 0.6 is 11.3 Å². The van der Waals surface area contributed by atoms with E-state index < -0.39 is 0 Å². The Kier molecular flexibility index (Phi) is 7.36. The van der Waals surface area contributed by atoms with Crippen LogP contribution in [-0.4, -0.2) is 29.1 Å². The Balaban J connectivity index is 2.35. The molecule has 0 saturated heterocycles. The van der Waals surface area contributed by atoms with Crippen molar-refractivity contribution in [2.45, 2.75) is 33.1 Å². The average molecular weight is 282 g/mol. The van der Waals surface area contributed by atoms with E-state index in [1.807, 2.05) is 6.92 Å². The number of aliphatic hydroxyl groups excluding tert-OH is 1. The minimum absolute atomic E-state index is 0.0925. The zero-order chi connectivity index (χ0) is 14.1. The van der Waals surface area contributed by atoms with Gasteiger partial charge in [0.2, 0.25) is 5.91 Å². The van der Waals surface area contributed by atoms with Crippen molar-refractivity contribution >= 4 is 23.3 Å². The van der Waals surface area contributed by atoms with Crippen LogP contribution in [0.2, 0.25) is 0 Å². The van der Waals surface area contributed by atoms with Crippen LogP contribution in [0.3, 0.4) is 0 Å². The van der Waals surface area contributed by atoms with Gasteiger partial charge in [0.1, 0.15) is 0 Å². The van der Waals surface area contributed by atoms with Crippen molar-refractivity contribution in [1.82, 2.24) is 10.3 Å². The van der Waals surface area contributed by atoms with Crippen LogP contribution in [0.1, 0.15) is 36.1 Å². The number of thiazole rings is 1. The molecule has 1 heterocycles. The van der Waals surface area contributed by atoms with Gasteiger partial charge in [-0.3, -0.25) is 4.79 Å². The molecule has 106 valence electrons. The molecule has 1 atom stereocenters. The monoisotopic (exact) mass is 282 g/mol. The summed E-state index contributed by atoms with van der Waals surface area (Å²) in [5.41, 5.74) is 0. The highest BCUT2D eigenvalue weighted by atomic mass is 32.1. The van der Waals surface area contributed by atoms with Crippen molar-refractivity contribution in [2.75, 3.05) is 13.2 Å². The number of aliphatic hydroxyl groups is 1. The first-order valence-electron chi connectivity index (χ1n) is 6.65. The predicted molar refractivity (Wildman–Crippen MR) is 79.0 cm³/mol. The summed E-state index contributed by atoms with van der Waals surface area (Å²) in [6.45, 7) is 4.85. The molecule has 1 amide bonds. The minimum atomic E-state index is -0.0925. The van der Waals surface area contributed by atoms with E-state index in [0.717, 1.165) is 29.1 Å². The summed E-state index contributed by atoms with van der Waals surface area (Å²) in [6.07, 6.45) is 7.91. The first kappa shape index (κ1) is 15.9. The molecule has 0 bridgehead atoms. The van der Waals surface area contributed by atoms with Crippen molar-refractivity contribution in [2.24, 2.45) is 5.92 Å². The Morgan fingerprint density at radius 2 is 2.37 bits per heavy atom. The maximum absolute atomic E-state index is 11.7. The Hall–Kier alpha value is -1.20. The molecule has 1 unspecified atom stereocenters. The molecule has 4 nitrogen and oxygen atoms in total. The number of hydrogen-bond donors (Lipinski definition) is 2. The van der Waals surface area contributed by atoms with Gasteiger partial charge in [0.05, 0.1) is 5.01 Å². The molecule has 1 aromatic heterocycles. The van der Waals surface area contributed by atoms with E-state index in [1.165, 1.54) is 6.08 Å². The van der Waals surface area contributed by atoms with Gasteiger partial charge in [-0.05, 0) is 31.8 Å². The lowest BCUT2D eigenvalue weighted by molar-refractivity contribution is -0.116. The highest BCUT2D eigenvalue weighted by molar-refractivity contribution is 7.12. The van der Waals surface area contributed by atoms with Crippen molar-refractivity contribution in [3.8, 4) is 0 Å². The zero-order valence-electron chi connectivity index (χ0n) is 11.6. The quantitative estimate of drug-likeness (QED) is 0.720. The largest absolute Gasteiger partial charge is 0.396 e. The van der Waals surface area contributed by atoms with Gasteiger partial charge in [0.25, 0.3) is 0 Å². The minimum Gasteiger partial charge on any atom is -0.396 e. The van der Waals surface area contributed by atoms with Gasteiger partial charge in [0, 0.05) is 30.3 Å². The van der Waals surface area contributed by atoms with Crippen molar-refractivity contribution in [1.29, 1.82) is 0 Å². The van der Waals surface area contributed by atoms with Crippen LogP contribution in [-0.2, 0) is 4.79 Å². The second-order valence-corrected chi connectivity index (χ2v) is 5.79. The predicted octanol–water partition coefficient (Wildman–Crippen LogP) is 2.38. The number of carbonyl (C=O) groups excluding carboxylic acids is 1. The van der Waals surface area contributed by atoms with Crippen molar-refractivity contribution in [3.05, 3.63) is 22.2 Å². The van der Waals surface area contributed by atoms with Crippen LogP contribution in [0.15, 0.2) is 12.3 Å². The van der Waals surface area contributed by atoms with Gasteiger partial charge in [-0.25, -0.2) is 4.98 Å². The summed E-state index contributed by atoms with van der Waals surface area (Å²) in [4.78, 5) is 16.8. The van der Waals surface area contributed by atoms with E-state index in [0.29, 0.717) is 12.5 Å². The fourth-order valence-corrected chi connectivity index (χ4v) is 2.54. The lowest BCUT2D eigenvalue weighted by Crippen LogP contribution is -2.28. The number of nitrogens with zero attached hydrogens (tertiary/aromatic N) is 1. The molecule has 2 N–H and O–H groups in total. The summed E-state index contributed by atoms with van der Waals surface area (Å²) in [5.74, 6) is 0.267. The Bertz CT molecular complexity index is 409. The lowest BCUT2D eigenvalue weighted by Gasteiger charge is -2.14. The molecular formula is C14H22N2O2S. The molecule has 0 saturated carbocycles. The SMILES string of the molecule is CCCC(CCO)CNC(=O)/C=C/c1cnc(C)s1. The molecular weight excluding hydrogens is 260 g/mol. The van der Waals surface area contributed by atoms with Crippen molar-refractivity contribution in [3.63, 3.8) is 0 Å². The third-order valence-corrected chi connectivity index (χ3v) is 3.72. The average Bonchev–Trinajstić information content (AvgIpc) is 2.80. The highest BCUT2D eigenvalue weighted by Crippen LogP contribution is 2.13. The number of nitrogens with one attached hydrogen (secondary N) is 1. The van der Waals surface area contributed by atoms with E-state index in [2.05, 4.69) is 17.2 Å². The van der Waals surface area contributed by atoms with Gasteiger partial charge in [0.15, 0.2) is 0 Å². The van der Waals surface area contributed by atoms with E-state index >= 15 is 0 Å². The van der Waals surface area contributed by atoms with Gasteiger partial charge < -0.3 is 10.4 Å². The maximum Gasteiger partial charge on any atom is 0.244 e. The topological polar surface area (TPSA) is 62.2 Å². The van der Waals surface area contributed by atoms with E-state index in [4.69, 9.17) is 5.11 Å². The second kappa shape index (κ2) is 8.82. The van der Waals surface area contributed by atoms with Crippen LogP contribution < -0.4 is 5.32 Å². The van der Waals surface area contributed by atoms with E-state index in [9.17, 15) is 4.79 Å². The Labute approximate surface area is 118 Å². The molecule has 19 heavy (non-hydrogen) atoms. The van der Waals surface area contributed by atoms with Gasteiger partial charge >= 0.3 is 0 Å². The van der Waals surface area contributed by atoms with Crippen molar-refractivity contribution < 1.29 is 9.90 Å². The number of rotatable bonds is 8. The Morgan fingerprint density at radius 3 is 2.95 bits per heavy atom. The summed E-state index contributed by atoms with van der Waals surface area (Å²) >= 11 is 1.56. The fraction of sp³-hybridized carbons (Fsp3) is 0.571. The first-order valence-corrected chi connectivity index (χ1v) is 7.46. The van der Waals surface area contributed by atoms with Crippen LogP contribution in [0.4, 0.5) is 0 Å². The number of carbonyl (C=O) groups is 1. The number of aromatic nitrogens is 1. The smallest absolute Gasteiger partial charge is 0.244 e. The molecule has 1 aromatic rings. The summed E-state index contributed by atoms with van der Waals surface area (Å²) in [7, 11) is 0. The van der Waals surface area contributed by atoms with Gasteiger partial charge in [-0.1, -0.05) is 13.3 Å². The third-order valence-electron chi connectivity index (χ3n) is 2.84. The molecule has 0 radical (unpaired) electrons. The van der Waals surface area contributed by atoms with Crippen LogP contribution in [0, 0.1) is 12.8 Å². The molecule has 0 aliphatic carbocycles. The second-order valence-electron chi connectivity index (χ2n) is 4.53. The standard InChI is InChI=1S/C14H22N2O2S/c1-3-4-12(7-8-17)9-16-14(18)6-5-13-10-15-11(2)19-13/h5-6,10,12,17H,3-4,7-9H2,1-2H3,(H,16,18)/b6-5+. The van der Waals surface area contributed by atoms with E-state index in [1.54, 1.807) is 23.6 Å². The van der Waals surface area contributed by atoms with Crippen LogP contribution in [0.5, 0.6) is 0 Å². The van der Waals surface area contributed by atoms with Crippen LogP contribution in [0.25, 0.3) is 6.08 Å². The third kappa shape index (κ3) is 6.50. The molecule has 0 aromatic carbocycles. The molecule has 0 fully saturated rings. The summed E-state index contributed by atoms with van der Waals surface area (Å²) in [5, 5.41) is 12.8. The molecule has 0 spiro atoms. The fourth-order valence-electron chi connectivity index (χ4n) is 1.86. The number of hydrogen-bond acceptors (Lipinski definition) is 4. The molecule has 1 rings (SSSR count). The zero-order valence-corrected chi connectivity index (χ0v) is 12.4. The lowest BCUT2D eigenvalue weighted by atomic mass is 10.0. The maximum atomic E-state index is 11.7.